The van der Waals surface area contributed by atoms with Gasteiger partial charge in [-0.25, -0.2) is 0 Å². The molecule has 7 nitrogen and oxygen atoms in total. The summed E-state index contributed by atoms with van der Waals surface area (Å²) in [6, 6.07) is 6.46. The first-order valence-electron chi connectivity index (χ1n) is 11.7. The van der Waals surface area contributed by atoms with Crippen molar-refractivity contribution in [1.29, 1.82) is 0 Å². The molecule has 1 saturated heterocycles. The van der Waals surface area contributed by atoms with Crippen LogP contribution in [-0.4, -0.2) is 52.0 Å². The Kier molecular flexibility index (Phi) is 7.44. The number of hydrogen-bond donors (Lipinski definition) is 3. The second kappa shape index (κ2) is 9.63. The van der Waals surface area contributed by atoms with Crippen LogP contribution in [0.25, 0.3) is 0 Å². The highest BCUT2D eigenvalue weighted by atomic mass is 35.5. The van der Waals surface area contributed by atoms with Crippen LogP contribution in [0, 0.1) is 23.2 Å². The molecular formula is C25H35ClN2O5. The fourth-order valence-corrected chi connectivity index (χ4v) is 5.32. The Morgan fingerprint density at radius 1 is 1.12 bits per heavy atom. The van der Waals surface area contributed by atoms with Crippen molar-refractivity contribution in [3.63, 3.8) is 0 Å². The molecule has 2 aliphatic rings. The summed E-state index contributed by atoms with van der Waals surface area (Å²) in [6.07, 6.45) is 1.68. The number of carbonyl (C=O) groups excluding carboxylic acids is 2. The summed E-state index contributed by atoms with van der Waals surface area (Å²) in [5, 5.41) is 24.3. The fourth-order valence-electron chi connectivity index (χ4n) is 5.20. The molecule has 3 rings (SSSR count). The van der Waals surface area contributed by atoms with Crippen LogP contribution >= 0.6 is 11.6 Å². The number of aliphatic carboxylic acids is 1. The molecule has 0 radical (unpaired) electrons. The van der Waals surface area contributed by atoms with Crippen molar-refractivity contribution in [1.82, 2.24) is 10.2 Å². The van der Waals surface area contributed by atoms with Crippen molar-refractivity contribution in [2.45, 2.75) is 65.0 Å². The quantitative estimate of drug-likeness (QED) is 0.580. The van der Waals surface area contributed by atoms with Crippen LogP contribution in [0.5, 0.6) is 0 Å². The maximum atomic E-state index is 13.5. The number of rotatable bonds is 6. The Balaban J connectivity index is 1.70. The van der Waals surface area contributed by atoms with Crippen LogP contribution < -0.4 is 5.32 Å². The third kappa shape index (κ3) is 5.19. The molecule has 2 amide bonds. The molecule has 0 bridgehead atoms. The Hall–Kier alpha value is -2.12. The summed E-state index contributed by atoms with van der Waals surface area (Å²) in [5.41, 5.74) is -0.965. The lowest BCUT2D eigenvalue weighted by molar-refractivity contribution is -0.157. The first kappa shape index (κ1) is 25.5. The predicted octanol–water partition coefficient (Wildman–Crippen LogP) is 3.43. The van der Waals surface area contributed by atoms with E-state index in [4.69, 9.17) is 11.6 Å². The van der Waals surface area contributed by atoms with Crippen LogP contribution in [0.3, 0.4) is 0 Å². The third-order valence-corrected chi connectivity index (χ3v) is 7.72. The number of benzene rings is 1. The number of piperidine rings is 1. The molecule has 3 N–H and O–H groups in total. The zero-order valence-electron chi connectivity index (χ0n) is 19.8. The van der Waals surface area contributed by atoms with E-state index in [2.05, 4.69) is 5.32 Å². The molecule has 2 fully saturated rings. The highest BCUT2D eigenvalue weighted by Gasteiger charge is 2.50. The van der Waals surface area contributed by atoms with Crippen molar-refractivity contribution >= 4 is 29.4 Å². The van der Waals surface area contributed by atoms with E-state index in [-0.39, 0.29) is 23.7 Å². The number of carboxylic acids is 1. The van der Waals surface area contributed by atoms with E-state index >= 15 is 0 Å². The van der Waals surface area contributed by atoms with E-state index in [0.29, 0.717) is 43.8 Å². The smallest absolute Gasteiger partial charge is 0.306 e. The second-order valence-electron chi connectivity index (χ2n) is 10.5. The number of carboxylic acid groups (broad SMARTS) is 1. The van der Waals surface area contributed by atoms with Crippen molar-refractivity contribution < 1.29 is 24.6 Å². The number of amides is 2. The minimum atomic E-state index is -1.11. The lowest BCUT2D eigenvalue weighted by atomic mass is 9.66. The molecule has 1 aliphatic heterocycles. The van der Waals surface area contributed by atoms with Crippen LogP contribution in [0.2, 0.25) is 5.02 Å². The van der Waals surface area contributed by atoms with E-state index < -0.39 is 28.9 Å². The van der Waals surface area contributed by atoms with E-state index in [1.165, 1.54) is 0 Å². The van der Waals surface area contributed by atoms with Gasteiger partial charge >= 0.3 is 5.97 Å². The molecule has 4 atom stereocenters. The lowest BCUT2D eigenvalue weighted by Crippen LogP contribution is -2.60. The number of nitrogens with one attached hydrogen (secondary N) is 1. The lowest BCUT2D eigenvalue weighted by Gasteiger charge is -2.51. The normalized spacial score (nSPS) is 27.9. The van der Waals surface area contributed by atoms with Gasteiger partial charge in [-0.05, 0) is 49.3 Å². The maximum Gasteiger partial charge on any atom is 0.306 e. The molecule has 1 saturated carbocycles. The van der Waals surface area contributed by atoms with Gasteiger partial charge in [0.1, 0.15) is 6.04 Å². The molecule has 0 spiro atoms. The van der Waals surface area contributed by atoms with Gasteiger partial charge in [-0.2, -0.15) is 0 Å². The summed E-state index contributed by atoms with van der Waals surface area (Å²) in [5.74, 6) is -2.30. The molecule has 1 heterocycles. The largest absolute Gasteiger partial charge is 0.481 e. The van der Waals surface area contributed by atoms with Gasteiger partial charge in [-0.3, -0.25) is 14.4 Å². The molecule has 182 valence electrons. The zero-order chi connectivity index (χ0) is 24.6. The number of likely N-dealkylation sites (tertiary alicyclic amines) is 1. The molecule has 1 aromatic carbocycles. The molecule has 33 heavy (non-hydrogen) atoms. The van der Waals surface area contributed by atoms with Gasteiger partial charge in [0.2, 0.25) is 11.8 Å². The molecular weight excluding hydrogens is 444 g/mol. The third-order valence-electron chi connectivity index (χ3n) is 7.47. The zero-order valence-corrected chi connectivity index (χ0v) is 20.6. The summed E-state index contributed by atoms with van der Waals surface area (Å²) in [6.45, 7) is 8.36. The van der Waals surface area contributed by atoms with E-state index in [1.807, 2.05) is 39.8 Å². The number of hydrogen-bond acceptors (Lipinski definition) is 4. The Morgan fingerprint density at radius 2 is 1.73 bits per heavy atom. The van der Waals surface area contributed by atoms with Gasteiger partial charge in [0.15, 0.2) is 0 Å². The molecule has 1 aromatic rings. The monoisotopic (exact) mass is 478 g/mol. The predicted molar refractivity (Wildman–Crippen MR) is 126 cm³/mol. The Bertz CT molecular complexity index is 901. The van der Waals surface area contributed by atoms with Crippen LogP contribution in [0.1, 0.15) is 58.9 Å². The molecule has 8 heteroatoms. The summed E-state index contributed by atoms with van der Waals surface area (Å²) >= 11 is 6.01. The van der Waals surface area contributed by atoms with Crippen molar-refractivity contribution in [2.75, 3.05) is 13.1 Å². The first-order valence-corrected chi connectivity index (χ1v) is 12.0. The van der Waals surface area contributed by atoms with Crippen molar-refractivity contribution in [3.8, 4) is 0 Å². The minimum absolute atomic E-state index is 0.127. The van der Waals surface area contributed by atoms with E-state index in [9.17, 15) is 24.6 Å². The molecule has 1 aliphatic carbocycles. The van der Waals surface area contributed by atoms with Gasteiger partial charge < -0.3 is 20.4 Å². The molecule has 2 unspecified atom stereocenters. The van der Waals surface area contributed by atoms with Crippen LogP contribution in [0.15, 0.2) is 24.3 Å². The van der Waals surface area contributed by atoms with Crippen molar-refractivity contribution in [2.24, 2.45) is 23.2 Å². The van der Waals surface area contributed by atoms with Gasteiger partial charge in [0.05, 0.1) is 11.5 Å². The standard InChI is InChI=1S/C25H35ClN2O5/c1-15(2)20(27-21(29)16-5-6-17(13-16)23(31)32)22(30)28-12-11-25(33,24(3,4)14-28)18-7-9-19(26)10-8-18/h7-10,15-17,20,33H,5-6,11-14H2,1-4H3,(H,27,29)(H,31,32)/t16?,17?,20-,25+/m1/s1. The number of carbonyl (C=O) groups is 3. The topological polar surface area (TPSA) is 107 Å². The van der Waals surface area contributed by atoms with Crippen molar-refractivity contribution in [3.05, 3.63) is 34.9 Å². The van der Waals surface area contributed by atoms with Gasteiger partial charge in [-0.1, -0.05) is 51.4 Å². The Morgan fingerprint density at radius 3 is 2.24 bits per heavy atom. The number of aliphatic hydroxyl groups is 1. The highest BCUT2D eigenvalue weighted by Crippen LogP contribution is 2.46. The average molecular weight is 479 g/mol. The molecule has 0 aromatic heterocycles. The number of nitrogens with zero attached hydrogens (tertiary/aromatic N) is 1. The van der Waals surface area contributed by atoms with Gasteiger partial charge in [0.25, 0.3) is 0 Å². The van der Waals surface area contributed by atoms with Crippen LogP contribution in [0.4, 0.5) is 0 Å². The van der Waals surface area contributed by atoms with E-state index in [0.717, 1.165) is 5.56 Å². The minimum Gasteiger partial charge on any atom is -0.481 e. The maximum absolute atomic E-state index is 13.5. The Labute approximate surface area is 200 Å². The van der Waals surface area contributed by atoms with Gasteiger partial charge in [-0.15, -0.1) is 0 Å². The van der Waals surface area contributed by atoms with E-state index in [1.54, 1.807) is 17.0 Å². The first-order chi connectivity index (χ1) is 15.4. The summed E-state index contributed by atoms with van der Waals surface area (Å²) in [4.78, 5) is 39.2. The average Bonchev–Trinajstić information content (AvgIpc) is 3.24. The number of halogens is 1. The fraction of sp³-hybridized carbons (Fsp3) is 0.640. The second-order valence-corrected chi connectivity index (χ2v) is 11.0. The summed E-state index contributed by atoms with van der Waals surface area (Å²) < 4.78 is 0. The SMILES string of the molecule is CC(C)[C@@H](NC(=O)C1CCC(C(=O)O)C1)C(=O)N1CC[C@](O)(c2ccc(Cl)cc2)C(C)(C)C1. The van der Waals surface area contributed by atoms with Gasteiger partial charge in [0, 0.05) is 29.4 Å². The van der Waals surface area contributed by atoms with Crippen LogP contribution in [-0.2, 0) is 20.0 Å². The highest BCUT2D eigenvalue weighted by molar-refractivity contribution is 6.30. The summed E-state index contributed by atoms with van der Waals surface area (Å²) in [7, 11) is 0.